The summed E-state index contributed by atoms with van der Waals surface area (Å²) in [5, 5.41) is 8.96. The maximum Gasteiger partial charge on any atom is 0.231 e. The zero-order valence-corrected chi connectivity index (χ0v) is 9.15. The number of hydrogen-bond donors (Lipinski definition) is 1. The van der Waals surface area contributed by atoms with Crippen LogP contribution in [-0.2, 0) is 0 Å². The Labute approximate surface area is 97.6 Å². The zero-order chi connectivity index (χ0) is 11.8. The first-order valence-corrected chi connectivity index (χ1v) is 5.13. The minimum absolute atomic E-state index is 0.242. The van der Waals surface area contributed by atoms with Crippen molar-refractivity contribution < 1.29 is 9.47 Å². The van der Waals surface area contributed by atoms with E-state index >= 15 is 0 Å². The number of aromatic nitrogens is 2. The van der Waals surface area contributed by atoms with E-state index in [-0.39, 0.29) is 6.79 Å². The Balaban J connectivity index is 2.19. The predicted molar refractivity (Wildman–Crippen MR) is 59.6 cm³/mol. The molecule has 0 unspecified atom stereocenters. The quantitative estimate of drug-likeness (QED) is 0.808. The highest BCUT2D eigenvalue weighted by molar-refractivity contribution is 5.71. The van der Waals surface area contributed by atoms with Crippen molar-refractivity contribution in [2.24, 2.45) is 0 Å². The van der Waals surface area contributed by atoms with Crippen molar-refractivity contribution in [1.29, 1.82) is 5.26 Å². The van der Waals surface area contributed by atoms with E-state index < -0.39 is 0 Å². The molecule has 0 saturated carbocycles. The van der Waals surface area contributed by atoms with Crippen LogP contribution in [0.2, 0.25) is 0 Å². The molecule has 17 heavy (non-hydrogen) atoms. The van der Waals surface area contributed by atoms with Crippen molar-refractivity contribution in [3.63, 3.8) is 0 Å². The second kappa shape index (κ2) is 3.52. The Kier molecular flexibility index (Phi) is 2.02. The largest absolute Gasteiger partial charge is 0.454 e. The number of nitrogens with zero attached hydrogens (tertiary/aromatic N) is 2. The SMILES string of the molecule is Cc1cc2c(cc1-c1[nH]cnc1C#N)OCO2. The van der Waals surface area contributed by atoms with Gasteiger partial charge in [0.25, 0.3) is 0 Å². The lowest BCUT2D eigenvalue weighted by atomic mass is 10.0. The lowest BCUT2D eigenvalue weighted by molar-refractivity contribution is 0.174. The number of nitrogens with one attached hydrogen (secondary N) is 1. The van der Waals surface area contributed by atoms with E-state index in [1.807, 2.05) is 19.1 Å². The first-order valence-electron chi connectivity index (χ1n) is 5.13. The lowest BCUT2D eigenvalue weighted by Crippen LogP contribution is -1.92. The summed E-state index contributed by atoms with van der Waals surface area (Å²) in [5.41, 5.74) is 3.01. The Hall–Kier alpha value is -2.48. The van der Waals surface area contributed by atoms with Gasteiger partial charge in [-0.1, -0.05) is 0 Å². The van der Waals surface area contributed by atoms with Gasteiger partial charge < -0.3 is 14.5 Å². The molecule has 0 bridgehead atoms. The zero-order valence-electron chi connectivity index (χ0n) is 9.15. The van der Waals surface area contributed by atoms with Crippen LogP contribution >= 0.6 is 0 Å². The molecule has 3 rings (SSSR count). The third-order valence-corrected chi connectivity index (χ3v) is 2.73. The maximum atomic E-state index is 8.96. The van der Waals surface area contributed by atoms with Crippen LogP contribution in [0, 0.1) is 18.3 Å². The van der Waals surface area contributed by atoms with E-state index in [1.54, 1.807) is 0 Å². The number of rotatable bonds is 1. The van der Waals surface area contributed by atoms with E-state index in [9.17, 15) is 0 Å². The second-order valence-electron chi connectivity index (χ2n) is 3.76. The summed E-state index contributed by atoms with van der Waals surface area (Å²) in [6.45, 7) is 2.20. The average molecular weight is 227 g/mol. The van der Waals surface area contributed by atoms with Gasteiger partial charge in [0.1, 0.15) is 6.07 Å². The van der Waals surface area contributed by atoms with Crippen LogP contribution in [0.3, 0.4) is 0 Å². The fourth-order valence-electron chi connectivity index (χ4n) is 1.90. The first kappa shape index (κ1) is 9.73. The molecule has 5 nitrogen and oxygen atoms in total. The maximum absolute atomic E-state index is 8.96. The molecule has 1 aliphatic rings. The van der Waals surface area contributed by atoms with Crippen molar-refractivity contribution in [2.75, 3.05) is 6.79 Å². The third-order valence-electron chi connectivity index (χ3n) is 2.73. The van der Waals surface area contributed by atoms with Gasteiger partial charge in [0.2, 0.25) is 6.79 Å². The number of H-pyrrole nitrogens is 1. The molecule has 0 saturated heterocycles. The van der Waals surface area contributed by atoms with Gasteiger partial charge >= 0.3 is 0 Å². The van der Waals surface area contributed by atoms with Gasteiger partial charge in [0.15, 0.2) is 17.2 Å². The highest BCUT2D eigenvalue weighted by atomic mass is 16.7. The summed E-state index contributed by atoms with van der Waals surface area (Å²) in [6.07, 6.45) is 1.51. The molecule has 1 N–H and O–H groups in total. The number of aryl methyl sites for hydroxylation is 1. The summed E-state index contributed by atoms with van der Waals surface area (Å²) < 4.78 is 10.6. The molecule has 1 aromatic heterocycles. The van der Waals surface area contributed by atoms with Crippen molar-refractivity contribution in [2.45, 2.75) is 6.92 Å². The molecule has 0 aliphatic carbocycles. The third kappa shape index (κ3) is 1.42. The standard InChI is InChI=1S/C12H9N3O2/c1-7-2-10-11(17-6-16-10)3-8(7)12-9(4-13)14-5-15-12/h2-3,5H,6H2,1H3,(H,14,15). The normalized spacial score (nSPS) is 12.5. The van der Waals surface area contributed by atoms with E-state index in [0.29, 0.717) is 17.1 Å². The number of imidazole rings is 1. The van der Waals surface area contributed by atoms with Gasteiger partial charge in [-0.3, -0.25) is 0 Å². The molecule has 0 spiro atoms. The Morgan fingerprint density at radius 1 is 1.35 bits per heavy atom. The topological polar surface area (TPSA) is 70.9 Å². The van der Waals surface area contributed by atoms with Crippen LogP contribution < -0.4 is 9.47 Å². The fraction of sp³-hybridized carbons (Fsp3) is 0.167. The second-order valence-corrected chi connectivity index (χ2v) is 3.76. The average Bonchev–Trinajstić information content (AvgIpc) is 2.94. The van der Waals surface area contributed by atoms with Gasteiger partial charge in [0, 0.05) is 5.56 Å². The molecule has 1 aliphatic heterocycles. The van der Waals surface area contributed by atoms with Gasteiger partial charge in [-0.25, -0.2) is 4.98 Å². The molecular weight excluding hydrogens is 218 g/mol. The van der Waals surface area contributed by atoms with Crippen LogP contribution in [0.1, 0.15) is 11.3 Å². The number of fused-ring (bicyclic) bond motifs is 1. The fourth-order valence-corrected chi connectivity index (χ4v) is 1.90. The highest BCUT2D eigenvalue weighted by Crippen LogP contribution is 2.38. The number of ether oxygens (including phenoxy) is 2. The van der Waals surface area contributed by atoms with E-state index in [4.69, 9.17) is 14.7 Å². The molecule has 0 radical (unpaired) electrons. The summed E-state index contributed by atoms with van der Waals surface area (Å²) in [5.74, 6) is 1.44. The van der Waals surface area contributed by atoms with Crippen LogP contribution in [0.4, 0.5) is 0 Å². The molecule has 2 heterocycles. The number of hydrogen-bond acceptors (Lipinski definition) is 4. The van der Waals surface area contributed by atoms with Crippen molar-refractivity contribution in [1.82, 2.24) is 9.97 Å². The van der Waals surface area contributed by atoms with Crippen LogP contribution in [0.15, 0.2) is 18.5 Å². The predicted octanol–water partition coefficient (Wildman–Crippen LogP) is 1.99. The van der Waals surface area contributed by atoms with Crippen LogP contribution in [-0.4, -0.2) is 16.8 Å². The monoisotopic (exact) mass is 227 g/mol. The van der Waals surface area contributed by atoms with Gasteiger partial charge in [-0.15, -0.1) is 0 Å². The molecule has 5 heteroatoms. The van der Waals surface area contributed by atoms with Gasteiger partial charge in [-0.2, -0.15) is 5.26 Å². The Morgan fingerprint density at radius 2 is 2.12 bits per heavy atom. The molecule has 0 fully saturated rings. The molecule has 2 aromatic rings. The summed E-state index contributed by atoms with van der Waals surface area (Å²) >= 11 is 0. The molecular formula is C12H9N3O2. The Morgan fingerprint density at radius 3 is 2.88 bits per heavy atom. The number of benzene rings is 1. The molecule has 1 aromatic carbocycles. The lowest BCUT2D eigenvalue weighted by Gasteiger charge is -2.05. The molecule has 0 atom stereocenters. The minimum atomic E-state index is 0.242. The minimum Gasteiger partial charge on any atom is -0.454 e. The highest BCUT2D eigenvalue weighted by Gasteiger charge is 2.18. The van der Waals surface area contributed by atoms with Crippen molar-refractivity contribution >= 4 is 0 Å². The van der Waals surface area contributed by atoms with E-state index in [1.165, 1.54) is 6.33 Å². The summed E-state index contributed by atoms with van der Waals surface area (Å²) in [7, 11) is 0. The van der Waals surface area contributed by atoms with Crippen LogP contribution in [0.25, 0.3) is 11.3 Å². The van der Waals surface area contributed by atoms with Gasteiger partial charge in [0.05, 0.1) is 12.0 Å². The Bertz CT molecular complexity index is 625. The van der Waals surface area contributed by atoms with Crippen LogP contribution in [0.5, 0.6) is 11.5 Å². The van der Waals surface area contributed by atoms with Gasteiger partial charge in [-0.05, 0) is 24.6 Å². The number of aromatic amines is 1. The molecule has 84 valence electrons. The molecule has 0 amide bonds. The van der Waals surface area contributed by atoms with Crippen molar-refractivity contribution in [3.8, 4) is 28.8 Å². The first-order chi connectivity index (χ1) is 8.29. The number of nitriles is 1. The van der Waals surface area contributed by atoms with Crippen molar-refractivity contribution in [3.05, 3.63) is 29.7 Å². The smallest absolute Gasteiger partial charge is 0.231 e. The summed E-state index contributed by atoms with van der Waals surface area (Å²) in [6, 6.07) is 5.82. The van der Waals surface area contributed by atoms with E-state index in [2.05, 4.69) is 16.0 Å². The summed E-state index contributed by atoms with van der Waals surface area (Å²) in [4.78, 5) is 6.93. The van der Waals surface area contributed by atoms with E-state index in [0.717, 1.165) is 16.9 Å².